The van der Waals surface area contributed by atoms with E-state index in [0.29, 0.717) is 0 Å². The minimum absolute atomic E-state index is 0.0545. The average Bonchev–Trinajstić information content (AvgIpc) is 2.36. The topological polar surface area (TPSA) is 46.5 Å². The lowest BCUT2D eigenvalue weighted by atomic mass is 10.2. The lowest BCUT2D eigenvalue weighted by Gasteiger charge is -2.02. The first-order chi connectivity index (χ1) is 9.13. The van der Waals surface area contributed by atoms with Gasteiger partial charge in [0.05, 0.1) is 0 Å². The molecule has 1 N–H and O–H groups in total. The van der Waals surface area contributed by atoms with Gasteiger partial charge >= 0.3 is 5.97 Å². The molecule has 2 aromatic rings. The fourth-order valence-electron chi connectivity index (χ4n) is 1.56. The summed E-state index contributed by atoms with van der Waals surface area (Å²) in [5.74, 6) is 4.78. The minimum Gasteiger partial charge on any atom is -0.508 e. The molecule has 0 unspecified atom stereocenters. The molecule has 0 atom stereocenters. The average molecular weight is 252 g/mol. The van der Waals surface area contributed by atoms with Crippen LogP contribution in [0.1, 0.15) is 11.1 Å². The lowest BCUT2D eigenvalue weighted by molar-refractivity contribution is -0.128. The van der Waals surface area contributed by atoms with Gasteiger partial charge in [-0.3, -0.25) is 0 Å². The van der Waals surface area contributed by atoms with Crippen LogP contribution in [0.25, 0.3) is 0 Å². The molecule has 3 nitrogen and oxygen atoms in total. The fraction of sp³-hybridized carbons (Fsp3) is 0.0625. The smallest absolute Gasteiger partial charge is 0.390 e. The second-order valence-corrected chi connectivity index (χ2v) is 4.01. The number of phenols is 1. The van der Waals surface area contributed by atoms with Crippen LogP contribution in [0.5, 0.6) is 11.5 Å². The number of carbonyl (C=O) groups excluding carboxylic acids is 1. The minimum atomic E-state index is -0.658. The summed E-state index contributed by atoms with van der Waals surface area (Å²) in [4.78, 5) is 11.5. The normalized spacial score (nSPS) is 9.32. The van der Waals surface area contributed by atoms with Crippen LogP contribution in [0.15, 0.2) is 48.5 Å². The van der Waals surface area contributed by atoms with Crippen LogP contribution in [0.4, 0.5) is 0 Å². The zero-order chi connectivity index (χ0) is 13.7. The SMILES string of the molecule is Cc1cc(O)cc(OC(=O)C#Cc2ccccc2)c1. The van der Waals surface area contributed by atoms with E-state index in [1.54, 1.807) is 31.2 Å². The van der Waals surface area contributed by atoms with Crippen LogP contribution >= 0.6 is 0 Å². The van der Waals surface area contributed by atoms with Crippen molar-refractivity contribution in [1.29, 1.82) is 0 Å². The number of hydrogen-bond acceptors (Lipinski definition) is 3. The number of phenolic OH excluding ortho intramolecular Hbond substituents is 1. The second kappa shape index (κ2) is 5.74. The van der Waals surface area contributed by atoms with Gasteiger partial charge in [0, 0.05) is 17.6 Å². The van der Waals surface area contributed by atoms with Gasteiger partial charge in [-0.2, -0.15) is 0 Å². The van der Waals surface area contributed by atoms with Crippen molar-refractivity contribution < 1.29 is 14.6 Å². The predicted molar refractivity (Wildman–Crippen MR) is 71.8 cm³/mol. The van der Waals surface area contributed by atoms with Crippen molar-refractivity contribution in [3.05, 3.63) is 59.7 Å². The Morgan fingerprint density at radius 1 is 1.16 bits per heavy atom. The van der Waals surface area contributed by atoms with Crippen LogP contribution in [-0.2, 0) is 4.79 Å². The van der Waals surface area contributed by atoms with Gasteiger partial charge in [-0.15, -0.1) is 0 Å². The molecule has 0 aliphatic carbocycles. The number of rotatable bonds is 1. The Hall–Kier alpha value is -2.73. The maximum absolute atomic E-state index is 11.5. The van der Waals surface area contributed by atoms with Crippen molar-refractivity contribution in [2.24, 2.45) is 0 Å². The third-order valence-corrected chi connectivity index (χ3v) is 2.33. The van der Waals surface area contributed by atoms with Gasteiger partial charge in [0.25, 0.3) is 0 Å². The number of carbonyl (C=O) groups is 1. The van der Waals surface area contributed by atoms with Crippen LogP contribution < -0.4 is 4.74 Å². The highest BCUT2D eigenvalue weighted by molar-refractivity contribution is 5.90. The third-order valence-electron chi connectivity index (χ3n) is 2.33. The van der Waals surface area contributed by atoms with E-state index in [-0.39, 0.29) is 11.5 Å². The summed E-state index contributed by atoms with van der Waals surface area (Å²) >= 11 is 0. The highest BCUT2D eigenvalue weighted by Crippen LogP contribution is 2.21. The van der Waals surface area contributed by atoms with E-state index in [2.05, 4.69) is 11.8 Å². The van der Waals surface area contributed by atoms with Gasteiger partial charge in [-0.05, 0) is 36.8 Å². The van der Waals surface area contributed by atoms with Gasteiger partial charge in [-0.1, -0.05) is 24.1 Å². The summed E-state index contributed by atoms with van der Waals surface area (Å²) in [6, 6.07) is 13.8. The van der Waals surface area contributed by atoms with Crippen LogP contribution in [-0.4, -0.2) is 11.1 Å². The first kappa shape index (κ1) is 12.7. The Kier molecular flexibility index (Phi) is 3.84. The molecule has 0 aliphatic rings. The Balaban J connectivity index is 2.08. The van der Waals surface area contributed by atoms with Crippen molar-refractivity contribution in [3.8, 4) is 23.3 Å². The monoisotopic (exact) mass is 252 g/mol. The Morgan fingerprint density at radius 3 is 2.58 bits per heavy atom. The van der Waals surface area contributed by atoms with Crippen molar-refractivity contribution in [2.75, 3.05) is 0 Å². The maximum Gasteiger partial charge on any atom is 0.390 e. The summed E-state index contributed by atoms with van der Waals surface area (Å²) in [6.07, 6.45) is 0. The summed E-state index contributed by atoms with van der Waals surface area (Å²) < 4.78 is 5.03. The molecule has 0 heterocycles. The Morgan fingerprint density at radius 2 is 1.89 bits per heavy atom. The Bertz CT molecular complexity index is 628. The summed E-state index contributed by atoms with van der Waals surface area (Å²) in [7, 11) is 0. The predicted octanol–water partition coefficient (Wildman–Crippen LogP) is 2.66. The zero-order valence-electron chi connectivity index (χ0n) is 10.4. The summed E-state index contributed by atoms with van der Waals surface area (Å²) in [5, 5.41) is 9.39. The van der Waals surface area contributed by atoms with Crippen molar-refractivity contribution in [2.45, 2.75) is 6.92 Å². The fourth-order valence-corrected chi connectivity index (χ4v) is 1.56. The molecular formula is C16H12O3. The highest BCUT2D eigenvalue weighted by Gasteiger charge is 2.03. The molecule has 3 heteroatoms. The van der Waals surface area contributed by atoms with Gasteiger partial charge < -0.3 is 9.84 Å². The summed E-state index contributed by atoms with van der Waals surface area (Å²) in [5.41, 5.74) is 1.55. The molecule has 0 bridgehead atoms. The molecule has 0 spiro atoms. The number of esters is 1. The molecule has 0 aromatic heterocycles. The van der Waals surface area contributed by atoms with E-state index in [4.69, 9.17) is 4.74 Å². The standard InChI is InChI=1S/C16H12O3/c1-12-9-14(17)11-15(10-12)19-16(18)8-7-13-5-3-2-4-6-13/h2-6,9-11,17H,1H3. The molecule has 2 rings (SSSR count). The molecule has 0 radical (unpaired) electrons. The number of aryl methyl sites for hydroxylation is 1. The molecule has 2 aromatic carbocycles. The van der Waals surface area contributed by atoms with Crippen LogP contribution in [0.2, 0.25) is 0 Å². The molecule has 0 saturated heterocycles. The molecule has 19 heavy (non-hydrogen) atoms. The molecule has 94 valence electrons. The second-order valence-electron chi connectivity index (χ2n) is 4.01. The molecule has 0 saturated carbocycles. The number of ether oxygens (including phenoxy) is 1. The highest BCUT2D eigenvalue weighted by atomic mass is 16.5. The van der Waals surface area contributed by atoms with Gasteiger partial charge in [0.2, 0.25) is 0 Å². The maximum atomic E-state index is 11.5. The van der Waals surface area contributed by atoms with E-state index in [0.717, 1.165) is 11.1 Å². The van der Waals surface area contributed by atoms with Crippen molar-refractivity contribution in [3.63, 3.8) is 0 Å². The van der Waals surface area contributed by atoms with Crippen LogP contribution in [0.3, 0.4) is 0 Å². The zero-order valence-corrected chi connectivity index (χ0v) is 10.4. The first-order valence-corrected chi connectivity index (χ1v) is 5.73. The van der Waals surface area contributed by atoms with E-state index in [1.807, 2.05) is 18.2 Å². The number of aromatic hydroxyl groups is 1. The summed E-state index contributed by atoms with van der Waals surface area (Å²) in [6.45, 7) is 1.80. The van der Waals surface area contributed by atoms with E-state index in [9.17, 15) is 9.90 Å². The largest absolute Gasteiger partial charge is 0.508 e. The van der Waals surface area contributed by atoms with Crippen molar-refractivity contribution >= 4 is 5.97 Å². The van der Waals surface area contributed by atoms with E-state index < -0.39 is 5.97 Å². The van der Waals surface area contributed by atoms with Gasteiger partial charge in [0.15, 0.2) is 0 Å². The van der Waals surface area contributed by atoms with Gasteiger partial charge in [-0.25, -0.2) is 4.79 Å². The third kappa shape index (κ3) is 3.90. The quantitative estimate of drug-likeness (QED) is 0.482. The van der Waals surface area contributed by atoms with Gasteiger partial charge in [0.1, 0.15) is 11.5 Å². The van der Waals surface area contributed by atoms with Crippen molar-refractivity contribution in [1.82, 2.24) is 0 Å². The molecule has 0 fully saturated rings. The number of benzene rings is 2. The molecule has 0 aliphatic heterocycles. The number of hydrogen-bond donors (Lipinski definition) is 1. The van der Waals surface area contributed by atoms with Crippen LogP contribution in [0, 0.1) is 18.8 Å². The van der Waals surface area contributed by atoms with E-state index >= 15 is 0 Å². The molecule has 0 amide bonds. The lowest BCUT2D eigenvalue weighted by Crippen LogP contribution is -2.04. The van der Waals surface area contributed by atoms with E-state index in [1.165, 1.54) is 6.07 Å². The first-order valence-electron chi connectivity index (χ1n) is 5.73. The molecular weight excluding hydrogens is 240 g/mol. The Labute approximate surface area is 111 Å².